The summed E-state index contributed by atoms with van der Waals surface area (Å²) in [5.41, 5.74) is -0.0449. The van der Waals surface area contributed by atoms with E-state index < -0.39 is 33.3 Å². The largest absolute Gasteiger partial charge is 0.317 e. The third-order valence-corrected chi connectivity index (χ3v) is 6.63. The van der Waals surface area contributed by atoms with Crippen LogP contribution in [-0.2, 0) is 10.0 Å². The van der Waals surface area contributed by atoms with Crippen molar-refractivity contribution in [3.63, 3.8) is 0 Å². The molecule has 0 unspecified atom stereocenters. The number of halogens is 2. The predicted molar refractivity (Wildman–Crippen MR) is 98.1 cm³/mol. The molecule has 2 aromatic carbocycles. The quantitative estimate of drug-likeness (QED) is 0.860. The summed E-state index contributed by atoms with van der Waals surface area (Å²) in [5.74, 6) is -2.60. The minimum Gasteiger partial charge on any atom is -0.317 e. The summed E-state index contributed by atoms with van der Waals surface area (Å²) in [6.07, 6.45) is 2.58. The van der Waals surface area contributed by atoms with Gasteiger partial charge in [0.2, 0.25) is 10.0 Å². The van der Waals surface area contributed by atoms with E-state index >= 15 is 0 Å². The highest BCUT2D eigenvalue weighted by atomic mass is 32.2. The standard InChI is InChI=1S/C19H20F2N2O3S/c1-13-8-9-14(19(24)22-18-15(20)6-5-7-16(18)21)12-17(13)27(25,26)23-10-3-2-4-11-23/h5-9,12H,2-4,10-11H2,1H3,(H,22,24). The Kier molecular flexibility index (Phi) is 5.57. The van der Waals surface area contributed by atoms with E-state index in [1.807, 2.05) is 0 Å². The molecule has 8 heteroatoms. The van der Waals surface area contributed by atoms with Crippen molar-refractivity contribution in [2.45, 2.75) is 31.1 Å². The molecule has 5 nitrogen and oxygen atoms in total. The van der Waals surface area contributed by atoms with Gasteiger partial charge in [-0.2, -0.15) is 4.31 Å². The van der Waals surface area contributed by atoms with Gasteiger partial charge in [-0.05, 0) is 49.6 Å². The number of aryl methyl sites for hydroxylation is 1. The molecule has 0 bridgehead atoms. The number of piperidine rings is 1. The van der Waals surface area contributed by atoms with Crippen LogP contribution in [0.25, 0.3) is 0 Å². The number of para-hydroxylation sites is 1. The molecule has 0 aliphatic carbocycles. The Morgan fingerprint density at radius 3 is 2.30 bits per heavy atom. The van der Waals surface area contributed by atoms with Crippen LogP contribution in [0.5, 0.6) is 0 Å². The lowest BCUT2D eigenvalue weighted by molar-refractivity contribution is 0.102. The average molecular weight is 394 g/mol. The number of anilines is 1. The smallest absolute Gasteiger partial charge is 0.255 e. The van der Waals surface area contributed by atoms with Crippen LogP contribution >= 0.6 is 0 Å². The average Bonchev–Trinajstić information content (AvgIpc) is 2.65. The molecular weight excluding hydrogens is 374 g/mol. The van der Waals surface area contributed by atoms with Gasteiger partial charge >= 0.3 is 0 Å². The summed E-state index contributed by atoms with van der Waals surface area (Å²) in [5, 5.41) is 2.18. The number of hydrogen-bond acceptors (Lipinski definition) is 3. The molecule has 144 valence electrons. The van der Waals surface area contributed by atoms with Gasteiger partial charge in [-0.3, -0.25) is 4.79 Å². The number of rotatable bonds is 4. The lowest BCUT2D eigenvalue weighted by atomic mass is 10.1. The van der Waals surface area contributed by atoms with Gasteiger partial charge < -0.3 is 5.32 Å². The van der Waals surface area contributed by atoms with E-state index in [4.69, 9.17) is 0 Å². The Morgan fingerprint density at radius 2 is 1.67 bits per heavy atom. The van der Waals surface area contributed by atoms with Gasteiger partial charge in [0, 0.05) is 18.7 Å². The molecule has 0 radical (unpaired) electrons. The first-order valence-electron chi connectivity index (χ1n) is 8.67. The van der Waals surface area contributed by atoms with Crippen molar-refractivity contribution in [2.75, 3.05) is 18.4 Å². The van der Waals surface area contributed by atoms with E-state index in [-0.39, 0.29) is 10.5 Å². The fourth-order valence-corrected chi connectivity index (χ4v) is 4.83. The zero-order valence-electron chi connectivity index (χ0n) is 14.8. The molecule has 2 aromatic rings. The van der Waals surface area contributed by atoms with E-state index in [9.17, 15) is 22.0 Å². The zero-order valence-corrected chi connectivity index (χ0v) is 15.7. The minimum absolute atomic E-state index is 0.0128. The molecule has 1 saturated heterocycles. The van der Waals surface area contributed by atoms with Crippen molar-refractivity contribution in [1.82, 2.24) is 4.31 Å². The topological polar surface area (TPSA) is 66.5 Å². The molecule has 3 rings (SSSR count). The van der Waals surface area contributed by atoms with Gasteiger partial charge in [-0.15, -0.1) is 0 Å². The van der Waals surface area contributed by atoms with Crippen LogP contribution in [0.1, 0.15) is 35.2 Å². The molecule has 1 aliphatic heterocycles. The van der Waals surface area contributed by atoms with Gasteiger partial charge in [0.15, 0.2) is 0 Å². The molecule has 1 aliphatic rings. The maximum Gasteiger partial charge on any atom is 0.255 e. The number of carbonyl (C=O) groups is 1. The summed E-state index contributed by atoms with van der Waals surface area (Å²) in [4.78, 5) is 12.5. The van der Waals surface area contributed by atoms with Crippen LogP contribution in [0.2, 0.25) is 0 Å². The van der Waals surface area contributed by atoms with Crippen LogP contribution in [0.3, 0.4) is 0 Å². The summed E-state index contributed by atoms with van der Waals surface area (Å²) in [6.45, 7) is 2.53. The second-order valence-electron chi connectivity index (χ2n) is 6.50. The van der Waals surface area contributed by atoms with Crippen molar-refractivity contribution in [3.05, 3.63) is 59.2 Å². The first-order valence-corrected chi connectivity index (χ1v) is 10.1. The van der Waals surface area contributed by atoms with Gasteiger partial charge in [0.1, 0.15) is 17.3 Å². The zero-order chi connectivity index (χ0) is 19.6. The molecule has 0 spiro atoms. The number of amides is 1. The first-order chi connectivity index (χ1) is 12.8. The van der Waals surface area contributed by atoms with Gasteiger partial charge in [0.25, 0.3) is 5.91 Å². The Labute approximate surface area is 157 Å². The van der Waals surface area contributed by atoms with Gasteiger partial charge in [0.05, 0.1) is 4.90 Å². The molecule has 0 atom stereocenters. The third kappa shape index (κ3) is 4.01. The normalized spacial score (nSPS) is 15.5. The fourth-order valence-electron chi connectivity index (χ4n) is 3.07. The fraction of sp³-hybridized carbons (Fsp3) is 0.316. The highest BCUT2D eigenvalue weighted by molar-refractivity contribution is 7.89. The van der Waals surface area contributed by atoms with Crippen LogP contribution < -0.4 is 5.32 Å². The first kappa shape index (κ1) is 19.4. The van der Waals surface area contributed by atoms with Crippen molar-refractivity contribution in [3.8, 4) is 0 Å². The summed E-state index contributed by atoms with van der Waals surface area (Å²) < 4.78 is 54.8. The second-order valence-corrected chi connectivity index (χ2v) is 8.40. The summed E-state index contributed by atoms with van der Waals surface area (Å²) >= 11 is 0. The third-order valence-electron chi connectivity index (χ3n) is 4.58. The Balaban J connectivity index is 1.92. The highest BCUT2D eigenvalue weighted by Crippen LogP contribution is 2.25. The molecule has 1 heterocycles. The number of hydrogen-bond donors (Lipinski definition) is 1. The van der Waals surface area contributed by atoms with Gasteiger partial charge in [-0.25, -0.2) is 17.2 Å². The lowest BCUT2D eigenvalue weighted by Crippen LogP contribution is -2.36. The highest BCUT2D eigenvalue weighted by Gasteiger charge is 2.28. The molecular formula is C19H20F2N2O3S. The van der Waals surface area contributed by atoms with E-state index in [1.54, 1.807) is 6.92 Å². The minimum atomic E-state index is -3.73. The number of carbonyl (C=O) groups excluding carboxylic acids is 1. The summed E-state index contributed by atoms with van der Waals surface area (Å²) in [6, 6.07) is 7.45. The van der Waals surface area contributed by atoms with Crippen LogP contribution in [0.15, 0.2) is 41.3 Å². The number of sulfonamides is 1. The number of nitrogens with zero attached hydrogens (tertiary/aromatic N) is 1. The molecule has 1 amide bonds. The Bertz CT molecular complexity index is 951. The van der Waals surface area contributed by atoms with Crippen LogP contribution in [-0.4, -0.2) is 31.7 Å². The monoisotopic (exact) mass is 394 g/mol. The number of benzene rings is 2. The molecule has 27 heavy (non-hydrogen) atoms. The van der Waals surface area contributed by atoms with Crippen molar-refractivity contribution in [2.24, 2.45) is 0 Å². The Morgan fingerprint density at radius 1 is 1.04 bits per heavy atom. The van der Waals surface area contributed by atoms with Crippen molar-refractivity contribution >= 4 is 21.6 Å². The Hall–Kier alpha value is -2.32. The molecule has 1 fully saturated rings. The van der Waals surface area contributed by atoms with E-state index in [0.717, 1.165) is 31.4 Å². The molecule has 0 saturated carbocycles. The van der Waals surface area contributed by atoms with Gasteiger partial charge in [-0.1, -0.05) is 18.6 Å². The van der Waals surface area contributed by atoms with E-state index in [1.165, 1.54) is 28.6 Å². The second kappa shape index (κ2) is 7.74. The molecule has 0 aromatic heterocycles. The lowest BCUT2D eigenvalue weighted by Gasteiger charge is -2.26. The van der Waals surface area contributed by atoms with Crippen LogP contribution in [0, 0.1) is 18.6 Å². The van der Waals surface area contributed by atoms with Crippen LogP contribution in [0.4, 0.5) is 14.5 Å². The van der Waals surface area contributed by atoms with E-state index in [2.05, 4.69) is 5.32 Å². The maximum absolute atomic E-state index is 13.7. The number of nitrogens with one attached hydrogen (secondary N) is 1. The molecule has 1 N–H and O–H groups in total. The van der Waals surface area contributed by atoms with Crippen molar-refractivity contribution in [1.29, 1.82) is 0 Å². The SMILES string of the molecule is Cc1ccc(C(=O)Nc2c(F)cccc2F)cc1S(=O)(=O)N1CCCCC1. The maximum atomic E-state index is 13.7. The predicted octanol–water partition coefficient (Wildman–Crippen LogP) is 3.70. The summed E-state index contributed by atoms with van der Waals surface area (Å²) in [7, 11) is -3.73. The van der Waals surface area contributed by atoms with Crippen molar-refractivity contribution < 1.29 is 22.0 Å². The van der Waals surface area contributed by atoms with E-state index in [0.29, 0.717) is 18.7 Å².